The van der Waals surface area contributed by atoms with Gasteiger partial charge in [-0.15, -0.1) is 0 Å². The molecule has 7 heteroatoms. The highest BCUT2D eigenvalue weighted by atomic mass is 35.5. The van der Waals surface area contributed by atoms with E-state index in [9.17, 15) is 4.79 Å². The predicted molar refractivity (Wildman–Crippen MR) is 113 cm³/mol. The van der Waals surface area contributed by atoms with Gasteiger partial charge >= 0.3 is 0 Å². The van der Waals surface area contributed by atoms with Gasteiger partial charge in [-0.2, -0.15) is 0 Å². The van der Waals surface area contributed by atoms with E-state index in [1.165, 1.54) is 12.8 Å². The van der Waals surface area contributed by atoms with Crippen LogP contribution in [0.5, 0.6) is 5.75 Å². The number of rotatable bonds is 5. The van der Waals surface area contributed by atoms with E-state index in [1.54, 1.807) is 0 Å². The summed E-state index contributed by atoms with van der Waals surface area (Å²) in [6, 6.07) is 5.71. The molecule has 160 valence electrons. The summed E-state index contributed by atoms with van der Waals surface area (Å²) in [6.45, 7) is 8.06. The minimum atomic E-state index is 0.0275. The molecule has 3 aliphatic rings. The second-order valence-electron chi connectivity index (χ2n) is 8.66. The summed E-state index contributed by atoms with van der Waals surface area (Å²) in [5.74, 6) is 0.948. The molecule has 2 fully saturated rings. The Kier molecular flexibility index (Phi) is 6.64. The van der Waals surface area contributed by atoms with Crippen LogP contribution in [0.15, 0.2) is 18.2 Å². The molecule has 0 bridgehead atoms. The molecule has 1 aliphatic carbocycles. The van der Waals surface area contributed by atoms with E-state index in [1.807, 2.05) is 25.1 Å². The molecule has 0 aromatic heterocycles. The van der Waals surface area contributed by atoms with Gasteiger partial charge in [-0.25, -0.2) is 0 Å². The first-order valence-corrected chi connectivity index (χ1v) is 11.2. The number of carbonyl (C=O) groups is 1. The molecule has 1 saturated heterocycles. The molecule has 1 aromatic carbocycles. The number of hydrogen-bond donors (Lipinski definition) is 1. The van der Waals surface area contributed by atoms with Crippen molar-refractivity contribution in [3.63, 3.8) is 0 Å². The van der Waals surface area contributed by atoms with Gasteiger partial charge in [0.05, 0.1) is 19.8 Å². The summed E-state index contributed by atoms with van der Waals surface area (Å²) in [7, 11) is 0. The van der Waals surface area contributed by atoms with Crippen LogP contribution in [0, 0.1) is 0 Å². The fraction of sp³-hybridized carbons (Fsp3) is 0.682. The smallest absolute Gasteiger partial charge is 0.234 e. The summed E-state index contributed by atoms with van der Waals surface area (Å²) in [4.78, 5) is 17.5. The van der Waals surface area contributed by atoms with Crippen LogP contribution in [-0.2, 0) is 16.1 Å². The van der Waals surface area contributed by atoms with Crippen LogP contribution in [0.1, 0.15) is 38.2 Å². The third-order valence-corrected chi connectivity index (χ3v) is 6.69. The highest BCUT2D eigenvalue weighted by Crippen LogP contribution is 2.35. The van der Waals surface area contributed by atoms with Gasteiger partial charge in [0.1, 0.15) is 11.9 Å². The van der Waals surface area contributed by atoms with Crippen molar-refractivity contribution >= 4 is 17.5 Å². The molecular formula is C22H32ClN3O3. The molecule has 0 spiro atoms. The third kappa shape index (κ3) is 5.05. The van der Waals surface area contributed by atoms with Crippen molar-refractivity contribution in [1.29, 1.82) is 0 Å². The first kappa shape index (κ1) is 20.9. The maximum absolute atomic E-state index is 12.8. The van der Waals surface area contributed by atoms with Crippen molar-refractivity contribution in [2.24, 2.45) is 0 Å². The summed E-state index contributed by atoms with van der Waals surface area (Å²) < 4.78 is 11.5. The molecule has 4 rings (SSSR count). The number of fused-ring (bicyclic) bond motifs is 1. The van der Waals surface area contributed by atoms with Crippen molar-refractivity contribution in [1.82, 2.24) is 15.1 Å². The van der Waals surface area contributed by atoms with Gasteiger partial charge in [0.2, 0.25) is 5.91 Å². The van der Waals surface area contributed by atoms with Gasteiger partial charge in [0.15, 0.2) is 0 Å². The summed E-state index contributed by atoms with van der Waals surface area (Å²) in [5.41, 5.74) is 1.14. The minimum Gasteiger partial charge on any atom is -0.489 e. The van der Waals surface area contributed by atoms with E-state index >= 15 is 0 Å². The lowest BCUT2D eigenvalue weighted by Gasteiger charge is -2.43. The maximum atomic E-state index is 12.8. The molecule has 1 atom stereocenters. The summed E-state index contributed by atoms with van der Waals surface area (Å²) in [6.07, 6.45) is 4.83. The highest BCUT2D eigenvalue weighted by Gasteiger charge is 2.40. The SMILES string of the molecule is CC1CN(CC(=O)NCC2(N3CCOCC3)CCCC2)Cc2cc(Cl)ccc2O1. The van der Waals surface area contributed by atoms with E-state index in [0.29, 0.717) is 24.7 Å². The Morgan fingerprint density at radius 1 is 1.28 bits per heavy atom. The number of nitrogens with zero attached hydrogens (tertiary/aromatic N) is 2. The Morgan fingerprint density at radius 3 is 2.79 bits per heavy atom. The normalized spacial score (nSPS) is 25.1. The van der Waals surface area contributed by atoms with E-state index in [4.69, 9.17) is 21.1 Å². The number of morpholine rings is 1. The van der Waals surface area contributed by atoms with Crippen LogP contribution in [0.4, 0.5) is 0 Å². The Balaban J connectivity index is 1.36. The fourth-order valence-corrected chi connectivity index (χ4v) is 5.22. The van der Waals surface area contributed by atoms with E-state index in [-0.39, 0.29) is 17.6 Å². The van der Waals surface area contributed by atoms with Gasteiger partial charge in [0.25, 0.3) is 0 Å². The molecule has 1 saturated carbocycles. The first-order valence-electron chi connectivity index (χ1n) is 10.8. The molecule has 6 nitrogen and oxygen atoms in total. The molecule has 1 amide bonds. The average Bonchev–Trinajstić information content (AvgIpc) is 3.13. The Hall–Kier alpha value is -1.34. The monoisotopic (exact) mass is 421 g/mol. The quantitative estimate of drug-likeness (QED) is 0.792. The van der Waals surface area contributed by atoms with Crippen LogP contribution in [0.2, 0.25) is 5.02 Å². The van der Waals surface area contributed by atoms with Crippen molar-refractivity contribution in [2.45, 2.75) is 50.8 Å². The molecule has 0 radical (unpaired) electrons. The van der Waals surface area contributed by atoms with Crippen LogP contribution < -0.4 is 10.1 Å². The minimum absolute atomic E-state index is 0.0275. The third-order valence-electron chi connectivity index (χ3n) is 6.46. The van der Waals surface area contributed by atoms with Crippen LogP contribution >= 0.6 is 11.6 Å². The number of amides is 1. The van der Waals surface area contributed by atoms with Gasteiger partial charge in [-0.1, -0.05) is 24.4 Å². The van der Waals surface area contributed by atoms with Crippen molar-refractivity contribution in [2.75, 3.05) is 45.9 Å². The Bertz CT molecular complexity index is 717. The van der Waals surface area contributed by atoms with Gasteiger partial charge < -0.3 is 14.8 Å². The molecule has 1 aromatic rings. The Labute approximate surface area is 178 Å². The lowest BCUT2D eigenvalue weighted by atomic mass is 9.94. The van der Waals surface area contributed by atoms with E-state index < -0.39 is 0 Å². The number of nitrogens with one attached hydrogen (secondary N) is 1. The summed E-state index contributed by atoms with van der Waals surface area (Å²) >= 11 is 6.16. The fourth-order valence-electron chi connectivity index (χ4n) is 5.03. The van der Waals surface area contributed by atoms with Crippen molar-refractivity contribution < 1.29 is 14.3 Å². The van der Waals surface area contributed by atoms with Crippen LogP contribution in [0.25, 0.3) is 0 Å². The van der Waals surface area contributed by atoms with Gasteiger partial charge in [0, 0.05) is 48.8 Å². The zero-order valence-corrected chi connectivity index (χ0v) is 18.0. The number of hydrogen-bond acceptors (Lipinski definition) is 5. The molecular weight excluding hydrogens is 390 g/mol. The van der Waals surface area contributed by atoms with E-state index in [2.05, 4.69) is 15.1 Å². The van der Waals surface area contributed by atoms with Crippen LogP contribution in [-0.4, -0.2) is 73.3 Å². The summed E-state index contributed by atoms with van der Waals surface area (Å²) in [5, 5.41) is 3.95. The average molecular weight is 422 g/mol. The van der Waals surface area contributed by atoms with Crippen molar-refractivity contribution in [3.05, 3.63) is 28.8 Å². The molecule has 29 heavy (non-hydrogen) atoms. The standard InChI is InChI=1S/C22H32ClN3O3/c1-17-13-25(14-18-12-19(23)4-5-20(18)29-17)15-21(27)24-16-22(6-2-3-7-22)26-8-10-28-11-9-26/h4-5,12,17H,2-3,6-11,13-16H2,1H3,(H,24,27). The molecule has 1 N–H and O–H groups in total. The highest BCUT2D eigenvalue weighted by molar-refractivity contribution is 6.30. The second-order valence-corrected chi connectivity index (χ2v) is 9.09. The largest absolute Gasteiger partial charge is 0.489 e. The van der Waals surface area contributed by atoms with Crippen LogP contribution in [0.3, 0.4) is 0 Å². The second kappa shape index (κ2) is 9.21. The lowest BCUT2D eigenvalue weighted by Crippen LogP contribution is -2.58. The van der Waals surface area contributed by atoms with Gasteiger partial charge in [-0.05, 0) is 38.0 Å². The number of ether oxygens (including phenoxy) is 2. The molecule has 2 heterocycles. The number of benzene rings is 1. The number of halogens is 1. The zero-order chi connectivity index (χ0) is 20.3. The van der Waals surface area contributed by atoms with E-state index in [0.717, 1.165) is 57.0 Å². The first-order chi connectivity index (χ1) is 14.0. The number of carbonyl (C=O) groups excluding carboxylic acids is 1. The predicted octanol–water partition coefficient (Wildman–Crippen LogP) is 2.68. The zero-order valence-electron chi connectivity index (χ0n) is 17.3. The lowest BCUT2D eigenvalue weighted by molar-refractivity contribution is -0.123. The topological polar surface area (TPSA) is 54.0 Å². The molecule has 2 aliphatic heterocycles. The van der Waals surface area contributed by atoms with Crippen molar-refractivity contribution in [3.8, 4) is 5.75 Å². The maximum Gasteiger partial charge on any atom is 0.234 e. The van der Waals surface area contributed by atoms with Gasteiger partial charge in [-0.3, -0.25) is 14.6 Å². The molecule has 1 unspecified atom stereocenters. The Morgan fingerprint density at radius 2 is 2.03 bits per heavy atom.